The second-order valence-electron chi connectivity index (χ2n) is 9.92. The Morgan fingerprint density at radius 1 is 1.00 bits per heavy atom. The standard InChI is InChI=1S/C28H30N2O6S2/c1-36-21(31)14-8-13-19-22-23(32)27(16-38-22,30-26(34)18-11-6-3-7-12-18)28(35)20(15-37-24(19)28)29-25(33)17-9-4-2-5-10-17/h2-7,9-12,19-20,22,24,35H,8,13-16H2,1H3,(H,29,33)(H,30,34)/t19-,20-,22-,24+,27-,28+/m0/s1. The van der Waals surface area contributed by atoms with Crippen LogP contribution in [0.4, 0.5) is 0 Å². The summed E-state index contributed by atoms with van der Waals surface area (Å²) in [4.78, 5) is 52.3. The predicted molar refractivity (Wildman–Crippen MR) is 146 cm³/mol. The van der Waals surface area contributed by atoms with Crippen LogP contribution in [0.3, 0.4) is 0 Å². The molecule has 2 aromatic rings. The van der Waals surface area contributed by atoms with Gasteiger partial charge in [0.25, 0.3) is 11.8 Å². The number of carbonyl (C=O) groups is 4. The van der Waals surface area contributed by atoms with Crippen molar-refractivity contribution in [1.82, 2.24) is 10.6 Å². The van der Waals surface area contributed by atoms with Crippen molar-refractivity contribution in [2.24, 2.45) is 5.92 Å². The van der Waals surface area contributed by atoms with E-state index in [2.05, 4.69) is 10.6 Å². The van der Waals surface area contributed by atoms with Crippen LogP contribution in [-0.4, -0.2) is 75.0 Å². The van der Waals surface area contributed by atoms with Crippen molar-refractivity contribution in [2.75, 3.05) is 18.6 Å². The van der Waals surface area contributed by atoms with Crippen LogP contribution in [0.1, 0.15) is 40.0 Å². The molecule has 8 nitrogen and oxygen atoms in total. The Hall–Kier alpha value is -2.82. The first-order chi connectivity index (χ1) is 18.3. The highest BCUT2D eigenvalue weighted by atomic mass is 32.2. The molecule has 38 heavy (non-hydrogen) atoms. The molecule has 2 aliphatic heterocycles. The summed E-state index contributed by atoms with van der Waals surface area (Å²) >= 11 is 2.95. The summed E-state index contributed by atoms with van der Waals surface area (Å²) in [5.74, 6) is -0.976. The lowest BCUT2D eigenvalue weighted by atomic mass is 9.61. The van der Waals surface area contributed by atoms with Crippen molar-refractivity contribution in [3.63, 3.8) is 0 Å². The number of ether oxygens (including phenoxy) is 1. The quantitative estimate of drug-likeness (QED) is 0.426. The number of esters is 1. The van der Waals surface area contributed by atoms with Gasteiger partial charge in [-0.2, -0.15) is 11.8 Å². The number of thioether (sulfide) groups is 2. The molecule has 2 saturated heterocycles. The van der Waals surface area contributed by atoms with Gasteiger partial charge in [0.2, 0.25) is 0 Å². The number of fused-ring (bicyclic) bond motifs is 4. The number of ketones is 1. The predicted octanol–water partition coefficient (Wildman–Crippen LogP) is 2.46. The molecule has 2 heterocycles. The second-order valence-corrected chi connectivity index (χ2v) is 12.2. The first-order valence-electron chi connectivity index (χ1n) is 12.6. The summed E-state index contributed by atoms with van der Waals surface area (Å²) in [7, 11) is 1.34. The first kappa shape index (κ1) is 26.8. The molecule has 0 aromatic heterocycles. The van der Waals surface area contributed by atoms with E-state index in [9.17, 15) is 24.3 Å². The summed E-state index contributed by atoms with van der Waals surface area (Å²) in [5, 5.41) is 17.7. The molecule has 0 radical (unpaired) electrons. The second kappa shape index (κ2) is 10.7. The van der Waals surface area contributed by atoms with Gasteiger partial charge in [0.15, 0.2) is 5.78 Å². The lowest BCUT2D eigenvalue weighted by Crippen LogP contribution is -2.80. The third kappa shape index (κ3) is 4.42. The average Bonchev–Trinajstić information content (AvgIpc) is 3.42. The van der Waals surface area contributed by atoms with Crippen LogP contribution in [0.2, 0.25) is 0 Å². The zero-order chi connectivity index (χ0) is 26.9. The molecule has 3 fully saturated rings. The van der Waals surface area contributed by atoms with Crippen molar-refractivity contribution < 1.29 is 29.0 Å². The number of aliphatic hydroxyl groups is 1. The maximum atomic E-state index is 14.1. The molecular weight excluding hydrogens is 524 g/mol. The Kier molecular flexibility index (Phi) is 7.57. The van der Waals surface area contributed by atoms with E-state index in [1.807, 2.05) is 6.07 Å². The van der Waals surface area contributed by atoms with Crippen LogP contribution >= 0.6 is 23.5 Å². The minimum absolute atomic E-state index is 0.202. The molecule has 3 aliphatic rings. The molecule has 0 spiro atoms. The lowest BCUT2D eigenvalue weighted by Gasteiger charge is -2.52. The smallest absolute Gasteiger partial charge is 0.305 e. The van der Waals surface area contributed by atoms with Gasteiger partial charge in [-0.3, -0.25) is 19.2 Å². The van der Waals surface area contributed by atoms with Crippen molar-refractivity contribution in [1.29, 1.82) is 0 Å². The summed E-state index contributed by atoms with van der Waals surface area (Å²) in [6, 6.07) is 16.5. The van der Waals surface area contributed by atoms with Crippen molar-refractivity contribution in [2.45, 2.75) is 46.9 Å². The number of benzene rings is 2. The number of hydrogen-bond donors (Lipinski definition) is 3. The van der Waals surface area contributed by atoms with Crippen molar-refractivity contribution in [3.05, 3.63) is 71.8 Å². The Balaban J connectivity index is 1.49. The SMILES string of the molecule is COC(=O)CCC[C@H]1[C@@H]2SC[C@](NC(=O)c3ccccc3)(C2=O)[C@@]2(O)[C@@H](NC(=O)c3ccccc3)CS[C@H]12. The molecule has 6 atom stereocenters. The van der Waals surface area contributed by atoms with Crippen LogP contribution in [0.25, 0.3) is 0 Å². The van der Waals surface area contributed by atoms with Crippen molar-refractivity contribution in [3.8, 4) is 0 Å². The molecule has 0 unspecified atom stereocenters. The summed E-state index contributed by atoms with van der Waals surface area (Å²) in [5.41, 5.74) is -2.45. The minimum atomic E-state index is -1.72. The molecule has 3 N–H and O–H groups in total. The van der Waals surface area contributed by atoms with Crippen LogP contribution < -0.4 is 10.6 Å². The fraction of sp³-hybridized carbons (Fsp3) is 0.429. The van der Waals surface area contributed by atoms with E-state index in [1.54, 1.807) is 54.6 Å². The van der Waals surface area contributed by atoms with Gasteiger partial charge in [-0.25, -0.2) is 0 Å². The normalized spacial score (nSPS) is 31.4. The van der Waals surface area contributed by atoms with E-state index < -0.39 is 33.6 Å². The Morgan fingerprint density at radius 3 is 2.26 bits per heavy atom. The third-order valence-electron chi connectivity index (χ3n) is 7.88. The van der Waals surface area contributed by atoms with E-state index in [1.165, 1.54) is 30.6 Å². The van der Waals surface area contributed by atoms with Crippen LogP contribution in [-0.2, 0) is 14.3 Å². The van der Waals surface area contributed by atoms with Gasteiger partial charge < -0.3 is 20.5 Å². The fourth-order valence-electron chi connectivity index (χ4n) is 5.96. The Bertz CT molecular complexity index is 1230. The van der Waals surface area contributed by atoms with Crippen LogP contribution in [0.5, 0.6) is 0 Å². The summed E-state index contributed by atoms with van der Waals surface area (Å²) in [6.07, 6.45) is 1.28. The molecule has 2 amide bonds. The molecule has 5 rings (SSSR count). The topological polar surface area (TPSA) is 122 Å². The van der Waals surface area contributed by atoms with Gasteiger partial charge in [-0.05, 0) is 43.0 Å². The Labute approximate surface area is 229 Å². The molecule has 200 valence electrons. The molecule has 10 heteroatoms. The molecule has 1 aliphatic carbocycles. The minimum Gasteiger partial charge on any atom is -0.469 e. The van der Waals surface area contributed by atoms with Gasteiger partial charge in [-0.15, -0.1) is 11.8 Å². The highest BCUT2D eigenvalue weighted by molar-refractivity contribution is 8.02. The number of carbonyl (C=O) groups excluding carboxylic acids is 4. The largest absolute Gasteiger partial charge is 0.469 e. The van der Waals surface area contributed by atoms with Gasteiger partial charge in [0.05, 0.1) is 18.4 Å². The number of Topliss-reactive ketones (excluding diaryl/α,β-unsaturated/α-hetero) is 1. The third-order valence-corrected chi connectivity index (χ3v) is 11.0. The number of methoxy groups -OCH3 is 1. The maximum absolute atomic E-state index is 14.1. The molecule has 1 saturated carbocycles. The van der Waals surface area contributed by atoms with E-state index in [0.29, 0.717) is 29.7 Å². The van der Waals surface area contributed by atoms with Gasteiger partial charge in [-0.1, -0.05) is 36.4 Å². The number of rotatable bonds is 8. The van der Waals surface area contributed by atoms with Crippen molar-refractivity contribution >= 4 is 47.1 Å². The number of amides is 2. The highest BCUT2D eigenvalue weighted by Gasteiger charge is 2.75. The van der Waals surface area contributed by atoms with Gasteiger partial charge >= 0.3 is 5.97 Å². The zero-order valence-electron chi connectivity index (χ0n) is 20.9. The molecular formula is C28H30N2O6S2. The summed E-state index contributed by atoms with van der Waals surface area (Å²) < 4.78 is 4.77. The Morgan fingerprint density at radius 2 is 1.63 bits per heavy atom. The first-order valence-corrected chi connectivity index (χ1v) is 14.7. The van der Waals surface area contributed by atoms with Crippen LogP contribution in [0, 0.1) is 5.92 Å². The van der Waals surface area contributed by atoms with E-state index in [4.69, 9.17) is 4.74 Å². The molecule has 2 bridgehead atoms. The number of nitrogens with one attached hydrogen (secondary N) is 2. The molecule has 2 aromatic carbocycles. The van der Waals surface area contributed by atoms with Gasteiger partial charge in [0.1, 0.15) is 11.1 Å². The highest BCUT2D eigenvalue weighted by Crippen LogP contribution is 2.59. The van der Waals surface area contributed by atoms with Gasteiger partial charge in [0, 0.05) is 34.3 Å². The number of hydrogen-bond acceptors (Lipinski definition) is 8. The average molecular weight is 555 g/mol. The maximum Gasteiger partial charge on any atom is 0.305 e. The van der Waals surface area contributed by atoms with Crippen LogP contribution in [0.15, 0.2) is 60.7 Å². The zero-order valence-corrected chi connectivity index (χ0v) is 22.6. The van der Waals surface area contributed by atoms with E-state index in [0.717, 1.165) is 0 Å². The fourth-order valence-corrected chi connectivity index (χ4v) is 9.72. The van der Waals surface area contributed by atoms with E-state index >= 15 is 0 Å². The summed E-state index contributed by atoms with van der Waals surface area (Å²) in [6.45, 7) is 0. The lowest BCUT2D eigenvalue weighted by molar-refractivity contribution is -0.145. The monoisotopic (exact) mass is 554 g/mol. The van der Waals surface area contributed by atoms with E-state index in [-0.39, 0.29) is 35.8 Å².